The molecule has 0 saturated heterocycles. The molecule has 1 radical (unpaired) electrons. The Labute approximate surface area is 326 Å². The van der Waals surface area contributed by atoms with Crippen molar-refractivity contribution >= 4 is 43.6 Å². The van der Waals surface area contributed by atoms with Crippen molar-refractivity contribution in [1.82, 2.24) is 14.1 Å². The van der Waals surface area contributed by atoms with E-state index in [2.05, 4.69) is 178 Å². The molecule has 7 aromatic carbocycles. The average Bonchev–Trinajstić information content (AvgIpc) is 3.95. The minimum absolute atomic E-state index is 0. The summed E-state index contributed by atoms with van der Waals surface area (Å²) in [7, 11) is 0. The van der Waals surface area contributed by atoms with Crippen molar-refractivity contribution in [2.24, 2.45) is 0 Å². The summed E-state index contributed by atoms with van der Waals surface area (Å²) in [5, 5.41) is 5.12. The van der Waals surface area contributed by atoms with Gasteiger partial charge in [-0.25, -0.2) is 0 Å². The first kappa shape index (κ1) is 31.5. The Balaban J connectivity index is 0.00000341. The monoisotopic (exact) mass is 867 g/mol. The topological polar surface area (TPSA) is 22.8 Å². The van der Waals surface area contributed by atoms with Crippen molar-refractivity contribution in [3.05, 3.63) is 198 Å². The Morgan fingerprint density at radius 1 is 0.481 bits per heavy atom. The third kappa shape index (κ3) is 4.30. The third-order valence-corrected chi connectivity index (χ3v) is 12.1. The van der Waals surface area contributed by atoms with Crippen molar-refractivity contribution in [3.63, 3.8) is 0 Å². The van der Waals surface area contributed by atoms with Gasteiger partial charge in [0.2, 0.25) is 0 Å². The van der Waals surface area contributed by atoms with Crippen LogP contribution in [0.25, 0.3) is 77.4 Å². The van der Waals surface area contributed by atoms with Gasteiger partial charge < -0.3 is 14.1 Å². The maximum Gasteiger partial charge on any atom is 0.0541 e. The van der Waals surface area contributed by atoms with Crippen LogP contribution in [0, 0.1) is 6.07 Å². The fraction of sp³-hybridized carbons (Fsp3) is 0.0600. The van der Waals surface area contributed by atoms with E-state index in [-0.39, 0.29) is 25.5 Å². The Morgan fingerprint density at radius 2 is 0.944 bits per heavy atom. The van der Waals surface area contributed by atoms with Gasteiger partial charge in [0.15, 0.2) is 0 Å². The minimum atomic E-state index is -0.229. The van der Waals surface area contributed by atoms with E-state index in [0.717, 1.165) is 24.1 Å². The van der Waals surface area contributed by atoms with Crippen molar-refractivity contribution in [1.29, 1.82) is 0 Å². The van der Waals surface area contributed by atoms with Gasteiger partial charge in [-0.05, 0) is 95.4 Å². The Morgan fingerprint density at radius 3 is 1.43 bits per heavy atom. The zero-order valence-electron chi connectivity index (χ0n) is 29.3. The summed E-state index contributed by atoms with van der Waals surface area (Å²) < 4.78 is 4.92. The Hall–Kier alpha value is -6.06. The van der Waals surface area contributed by atoms with Crippen molar-refractivity contribution in [3.8, 4) is 33.8 Å². The van der Waals surface area contributed by atoms with E-state index in [1.165, 1.54) is 88.4 Å². The number of nitrogens with zero attached hydrogens (tertiary/aromatic N) is 3. The molecule has 0 atom stereocenters. The van der Waals surface area contributed by atoms with E-state index in [1.807, 2.05) is 12.3 Å². The van der Waals surface area contributed by atoms with E-state index >= 15 is 0 Å². The molecule has 0 bridgehead atoms. The van der Waals surface area contributed by atoms with E-state index in [9.17, 15) is 0 Å². The van der Waals surface area contributed by atoms with Gasteiger partial charge >= 0.3 is 0 Å². The molecule has 0 aliphatic heterocycles. The van der Waals surface area contributed by atoms with Gasteiger partial charge in [-0.2, -0.15) is 0 Å². The summed E-state index contributed by atoms with van der Waals surface area (Å²) >= 11 is 0. The first-order valence-corrected chi connectivity index (χ1v) is 18.5. The SMILES string of the molecule is [Ir].[c-]1cc2c(cc1-c1ccccn1)CC1(C2)c2cc(-n3c4ccccc4c4ccccc43)ccc2-c2ccc(-n3c4ccccc4c4ccccc43)cc21. The number of hydrogen-bond acceptors (Lipinski definition) is 1. The number of hydrogen-bond donors (Lipinski definition) is 0. The van der Waals surface area contributed by atoms with Crippen LogP contribution < -0.4 is 0 Å². The molecule has 1 spiro atoms. The molecule has 54 heavy (non-hydrogen) atoms. The maximum absolute atomic E-state index is 4.68. The summed E-state index contributed by atoms with van der Waals surface area (Å²) in [5.41, 5.74) is 17.3. The number of fused-ring (bicyclic) bond motifs is 12. The zero-order valence-corrected chi connectivity index (χ0v) is 31.7. The fourth-order valence-corrected chi connectivity index (χ4v) is 9.81. The molecule has 0 fully saturated rings. The van der Waals surface area contributed by atoms with Crippen LogP contribution in [-0.2, 0) is 38.4 Å². The number of pyridine rings is 1. The van der Waals surface area contributed by atoms with Gasteiger partial charge in [0.05, 0.1) is 22.1 Å². The molecular formula is C50H32IrN3-. The summed E-state index contributed by atoms with van der Waals surface area (Å²) in [5.74, 6) is 0. The van der Waals surface area contributed by atoms with Crippen LogP contribution in [0.2, 0.25) is 0 Å². The zero-order chi connectivity index (χ0) is 34.7. The smallest absolute Gasteiger partial charge is 0.0541 e. The van der Waals surface area contributed by atoms with Crippen LogP contribution >= 0.6 is 0 Å². The largest absolute Gasteiger partial charge is 0.309 e. The molecule has 3 aromatic heterocycles. The van der Waals surface area contributed by atoms with Crippen LogP contribution in [-0.4, -0.2) is 14.1 Å². The van der Waals surface area contributed by atoms with E-state index < -0.39 is 0 Å². The average molecular weight is 867 g/mol. The molecule has 0 saturated carbocycles. The predicted molar refractivity (Wildman–Crippen MR) is 217 cm³/mol. The maximum atomic E-state index is 4.68. The summed E-state index contributed by atoms with van der Waals surface area (Å²) in [6.07, 6.45) is 3.71. The number of rotatable bonds is 3. The molecule has 4 heteroatoms. The Bertz CT molecular complexity index is 2860. The van der Waals surface area contributed by atoms with Gasteiger partial charge in [-0.1, -0.05) is 97.1 Å². The fourth-order valence-electron chi connectivity index (χ4n) is 9.81. The molecule has 257 valence electrons. The van der Waals surface area contributed by atoms with Gasteiger partial charge in [0.1, 0.15) is 0 Å². The molecule has 2 aliphatic rings. The van der Waals surface area contributed by atoms with Crippen molar-refractivity contribution in [2.75, 3.05) is 0 Å². The summed E-state index contributed by atoms with van der Waals surface area (Å²) in [4.78, 5) is 4.68. The molecule has 10 aromatic rings. The minimum Gasteiger partial charge on any atom is -0.309 e. The normalized spacial score (nSPS) is 13.8. The predicted octanol–water partition coefficient (Wildman–Crippen LogP) is 11.8. The van der Waals surface area contributed by atoms with Crippen LogP contribution in [0.5, 0.6) is 0 Å². The second-order valence-electron chi connectivity index (χ2n) is 14.7. The molecular weight excluding hydrogens is 835 g/mol. The van der Waals surface area contributed by atoms with Crippen LogP contribution in [0.4, 0.5) is 0 Å². The summed E-state index contributed by atoms with van der Waals surface area (Å²) in [6, 6.07) is 64.0. The molecule has 0 unspecified atom stereocenters. The van der Waals surface area contributed by atoms with E-state index in [0.29, 0.717) is 0 Å². The molecule has 12 rings (SSSR count). The quantitative estimate of drug-likeness (QED) is 0.162. The third-order valence-electron chi connectivity index (χ3n) is 12.1. The van der Waals surface area contributed by atoms with Crippen LogP contribution in [0.15, 0.2) is 170 Å². The molecule has 3 nitrogen and oxygen atoms in total. The van der Waals surface area contributed by atoms with Crippen molar-refractivity contribution < 1.29 is 20.1 Å². The molecule has 0 amide bonds. The van der Waals surface area contributed by atoms with Crippen LogP contribution in [0.1, 0.15) is 22.3 Å². The summed E-state index contributed by atoms with van der Waals surface area (Å²) in [6.45, 7) is 0. The standard InChI is InChI=1S/C50H32N3.Ir/c1-5-16-46-39(11-1)40-12-2-6-17-47(40)52(46)35-22-24-37-38-25-23-36(53-48-18-7-3-13-41(48)42-14-4-8-19-49(42)53)29-44(38)50(43(37)28-35)30-33-21-20-32(27-34(33)31-50)45-15-9-10-26-51-45;/h1-19,21-29H,30-31H2;/q-1;. The number of para-hydroxylation sites is 4. The second-order valence-corrected chi connectivity index (χ2v) is 14.7. The van der Waals surface area contributed by atoms with Gasteiger partial charge in [0, 0.05) is 64.6 Å². The molecule has 0 N–H and O–H groups in total. The van der Waals surface area contributed by atoms with Crippen molar-refractivity contribution in [2.45, 2.75) is 18.3 Å². The molecule has 3 heterocycles. The first-order chi connectivity index (χ1) is 26.2. The van der Waals surface area contributed by atoms with Gasteiger partial charge in [0.25, 0.3) is 0 Å². The Kier molecular flexibility index (Phi) is 6.83. The van der Waals surface area contributed by atoms with E-state index in [1.54, 1.807) is 0 Å². The molecule has 2 aliphatic carbocycles. The van der Waals surface area contributed by atoms with Crippen LogP contribution in [0.3, 0.4) is 0 Å². The first-order valence-electron chi connectivity index (χ1n) is 18.5. The number of aromatic nitrogens is 3. The van der Waals surface area contributed by atoms with Gasteiger partial charge in [-0.15, -0.1) is 34.9 Å². The van der Waals surface area contributed by atoms with E-state index in [4.69, 9.17) is 0 Å². The second kappa shape index (κ2) is 11.7. The number of benzene rings is 7. The van der Waals surface area contributed by atoms with Gasteiger partial charge in [-0.3, -0.25) is 0 Å².